The van der Waals surface area contributed by atoms with Crippen LogP contribution in [0.3, 0.4) is 0 Å². The molecular formula is C23H26ClFN2O2. The van der Waals surface area contributed by atoms with Gasteiger partial charge in [-0.25, -0.2) is 4.39 Å². The Morgan fingerprint density at radius 1 is 1.07 bits per heavy atom. The first-order chi connectivity index (χ1) is 13.9. The molecule has 3 N–H and O–H groups in total. The maximum atomic E-state index is 13.2. The lowest BCUT2D eigenvalue weighted by Crippen LogP contribution is -2.32. The van der Waals surface area contributed by atoms with E-state index in [4.69, 9.17) is 17.3 Å². The van der Waals surface area contributed by atoms with Crippen LogP contribution in [0, 0.1) is 5.82 Å². The zero-order valence-electron chi connectivity index (χ0n) is 16.7. The van der Waals surface area contributed by atoms with Gasteiger partial charge in [-0.15, -0.1) is 0 Å². The van der Waals surface area contributed by atoms with Crippen molar-refractivity contribution >= 4 is 35.1 Å². The summed E-state index contributed by atoms with van der Waals surface area (Å²) in [6.07, 6.45) is 2.61. The Bertz CT molecular complexity index is 859. The molecule has 0 fully saturated rings. The molecule has 0 saturated heterocycles. The summed E-state index contributed by atoms with van der Waals surface area (Å²) >= 11 is 5.89. The summed E-state index contributed by atoms with van der Waals surface area (Å²) < 4.78 is 13.2. The Balaban J connectivity index is 0.00000204. The molecule has 2 amide bonds. The molecule has 0 aliphatic heterocycles. The number of rotatable bonds is 7. The van der Waals surface area contributed by atoms with Crippen LogP contribution in [0.15, 0.2) is 60.7 Å². The zero-order chi connectivity index (χ0) is 21.8. The van der Waals surface area contributed by atoms with Crippen molar-refractivity contribution in [3.63, 3.8) is 0 Å². The summed E-state index contributed by atoms with van der Waals surface area (Å²) in [5.74, 6) is -1.58. The van der Waals surface area contributed by atoms with Crippen molar-refractivity contribution in [2.45, 2.75) is 26.7 Å². The highest BCUT2D eigenvalue weighted by atomic mass is 35.5. The number of imide groups is 1. The number of nitrogens with one attached hydrogen (secondary N) is 1. The average Bonchev–Trinajstić information content (AvgIpc) is 2.73. The van der Waals surface area contributed by atoms with Crippen molar-refractivity contribution in [3.8, 4) is 0 Å². The van der Waals surface area contributed by atoms with E-state index >= 15 is 0 Å². The Hall–Kier alpha value is -2.76. The summed E-state index contributed by atoms with van der Waals surface area (Å²) in [6, 6.07) is 12.3. The van der Waals surface area contributed by atoms with Gasteiger partial charge in [0.15, 0.2) is 0 Å². The van der Waals surface area contributed by atoms with Gasteiger partial charge in [-0.2, -0.15) is 0 Å². The first kappa shape index (κ1) is 24.3. The summed E-state index contributed by atoms with van der Waals surface area (Å²) in [7, 11) is 0. The van der Waals surface area contributed by atoms with Gasteiger partial charge in [0, 0.05) is 16.2 Å². The van der Waals surface area contributed by atoms with Crippen molar-refractivity contribution in [2.24, 2.45) is 5.73 Å². The van der Waals surface area contributed by atoms with Gasteiger partial charge >= 0.3 is 0 Å². The van der Waals surface area contributed by atoms with E-state index in [1.807, 2.05) is 13.8 Å². The molecule has 0 heterocycles. The van der Waals surface area contributed by atoms with E-state index in [2.05, 4.69) is 11.9 Å². The number of hydrogen-bond donors (Lipinski definition) is 2. The van der Waals surface area contributed by atoms with Gasteiger partial charge in [-0.3, -0.25) is 14.9 Å². The van der Waals surface area contributed by atoms with Crippen LogP contribution in [0.25, 0.3) is 11.6 Å². The lowest BCUT2D eigenvalue weighted by atomic mass is 10.0. The second kappa shape index (κ2) is 12.6. The highest BCUT2D eigenvalue weighted by Gasteiger charge is 2.17. The van der Waals surface area contributed by atoms with Crippen molar-refractivity contribution in [1.82, 2.24) is 5.32 Å². The molecule has 6 heteroatoms. The monoisotopic (exact) mass is 416 g/mol. The molecule has 0 atom stereocenters. The van der Waals surface area contributed by atoms with Gasteiger partial charge in [-0.1, -0.05) is 56.3 Å². The van der Waals surface area contributed by atoms with E-state index in [0.29, 0.717) is 35.5 Å². The first-order valence-corrected chi connectivity index (χ1v) is 9.75. The molecule has 0 aliphatic rings. The second-order valence-corrected chi connectivity index (χ2v) is 6.33. The van der Waals surface area contributed by atoms with Gasteiger partial charge in [0.05, 0.1) is 0 Å². The van der Waals surface area contributed by atoms with Gasteiger partial charge in [0.2, 0.25) is 0 Å². The number of halogens is 2. The molecule has 0 aromatic heterocycles. The van der Waals surface area contributed by atoms with E-state index in [1.54, 1.807) is 30.3 Å². The topological polar surface area (TPSA) is 72.2 Å². The number of carbonyl (C=O) groups is 2. The summed E-state index contributed by atoms with van der Waals surface area (Å²) in [5, 5.41) is 2.89. The predicted octanol–water partition coefficient (Wildman–Crippen LogP) is 4.98. The fourth-order valence-corrected chi connectivity index (χ4v) is 2.45. The number of benzene rings is 2. The van der Waals surface area contributed by atoms with Crippen LogP contribution in [0.1, 0.15) is 37.8 Å². The van der Waals surface area contributed by atoms with E-state index < -0.39 is 17.6 Å². The highest BCUT2D eigenvalue weighted by Crippen LogP contribution is 2.21. The average molecular weight is 417 g/mol. The summed E-state index contributed by atoms with van der Waals surface area (Å²) in [6.45, 7) is 8.11. The second-order valence-electron chi connectivity index (χ2n) is 5.90. The first-order valence-electron chi connectivity index (χ1n) is 9.37. The van der Waals surface area contributed by atoms with Gasteiger partial charge < -0.3 is 5.73 Å². The van der Waals surface area contributed by atoms with Gasteiger partial charge in [-0.05, 0) is 60.9 Å². The third-order valence-electron chi connectivity index (χ3n) is 3.81. The van der Waals surface area contributed by atoms with E-state index in [-0.39, 0.29) is 11.1 Å². The third kappa shape index (κ3) is 8.02. The number of hydrogen-bond acceptors (Lipinski definition) is 3. The predicted molar refractivity (Wildman–Crippen MR) is 118 cm³/mol. The maximum Gasteiger partial charge on any atom is 0.258 e. The van der Waals surface area contributed by atoms with Crippen LogP contribution in [0.5, 0.6) is 0 Å². The molecule has 0 aliphatic carbocycles. The zero-order valence-corrected chi connectivity index (χ0v) is 17.4. The lowest BCUT2D eigenvalue weighted by molar-refractivity contribution is -0.125. The van der Waals surface area contributed by atoms with Crippen LogP contribution in [-0.4, -0.2) is 18.4 Å². The summed E-state index contributed by atoms with van der Waals surface area (Å²) in [4.78, 5) is 24.9. The van der Waals surface area contributed by atoms with Crippen LogP contribution in [0.2, 0.25) is 5.02 Å². The highest BCUT2D eigenvalue weighted by molar-refractivity contribution is 6.31. The molecule has 2 rings (SSSR count). The Kier molecular flexibility index (Phi) is 10.6. The van der Waals surface area contributed by atoms with Crippen LogP contribution in [0.4, 0.5) is 4.39 Å². The van der Waals surface area contributed by atoms with E-state index in [0.717, 1.165) is 0 Å². The molecular weight excluding hydrogens is 391 g/mol. The number of carbonyl (C=O) groups excluding carboxylic acids is 2. The molecule has 29 heavy (non-hydrogen) atoms. The standard InChI is InChI=1S/C21H20ClFN2O2.C2H6/c1-14(3-2-12-24)20(26)25-21(27)19(16-6-10-18(23)11-7-16)13-15-4-8-17(22)9-5-15;1-2/h4-11,13H,1-3,12,24H2,(H,25,26,27);1-2H3/b19-13+;. The normalized spacial score (nSPS) is 10.6. The molecule has 0 unspecified atom stereocenters. The quantitative estimate of drug-likeness (QED) is 0.493. The molecule has 2 aromatic rings. The maximum absolute atomic E-state index is 13.2. The SMILES string of the molecule is C=C(CCCN)C(=O)NC(=O)/C(=C/c1ccc(Cl)cc1)c1ccc(F)cc1.CC. The minimum atomic E-state index is -0.601. The third-order valence-corrected chi connectivity index (χ3v) is 4.06. The van der Waals surface area contributed by atoms with E-state index in [9.17, 15) is 14.0 Å². The van der Waals surface area contributed by atoms with Crippen molar-refractivity contribution < 1.29 is 14.0 Å². The fourth-order valence-electron chi connectivity index (χ4n) is 2.32. The lowest BCUT2D eigenvalue weighted by Gasteiger charge is -2.10. The van der Waals surface area contributed by atoms with Crippen molar-refractivity contribution in [3.05, 3.63) is 82.6 Å². The molecule has 4 nitrogen and oxygen atoms in total. The van der Waals surface area contributed by atoms with Gasteiger partial charge in [0.25, 0.3) is 11.8 Å². The molecule has 0 spiro atoms. The molecule has 0 saturated carbocycles. The Morgan fingerprint density at radius 2 is 1.66 bits per heavy atom. The van der Waals surface area contributed by atoms with Gasteiger partial charge in [0.1, 0.15) is 5.82 Å². The van der Waals surface area contributed by atoms with Crippen LogP contribution >= 0.6 is 11.6 Å². The van der Waals surface area contributed by atoms with Crippen LogP contribution in [-0.2, 0) is 9.59 Å². The minimum absolute atomic E-state index is 0.220. The Labute approximate surface area is 176 Å². The van der Waals surface area contributed by atoms with E-state index in [1.165, 1.54) is 24.3 Å². The number of amides is 2. The Morgan fingerprint density at radius 3 is 2.21 bits per heavy atom. The molecule has 2 aromatic carbocycles. The minimum Gasteiger partial charge on any atom is -0.330 e. The largest absolute Gasteiger partial charge is 0.330 e. The summed E-state index contributed by atoms with van der Waals surface area (Å²) in [5.41, 5.74) is 7.11. The van der Waals surface area contributed by atoms with Crippen LogP contribution < -0.4 is 11.1 Å². The molecule has 0 radical (unpaired) electrons. The van der Waals surface area contributed by atoms with Crippen molar-refractivity contribution in [1.29, 1.82) is 0 Å². The molecule has 0 bridgehead atoms. The van der Waals surface area contributed by atoms with Crippen molar-refractivity contribution in [2.75, 3.05) is 6.54 Å². The smallest absolute Gasteiger partial charge is 0.258 e. The molecule has 154 valence electrons. The number of nitrogens with two attached hydrogens (primary N) is 1. The fraction of sp³-hybridized carbons (Fsp3) is 0.217.